The molecule has 2 aromatic heterocycles. The summed E-state index contributed by atoms with van der Waals surface area (Å²) in [5.41, 5.74) is -0.421. The number of anilines is 1. The molecule has 36 heavy (non-hydrogen) atoms. The highest BCUT2D eigenvalue weighted by molar-refractivity contribution is 5.89. The van der Waals surface area contributed by atoms with Gasteiger partial charge in [-0.05, 0) is 49.7 Å². The summed E-state index contributed by atoms with van der Waals surface area (Å²) < 4.78 is 20.2. The molecule has 4 aromatic rings. The number of nitrogens with zero attached hydrogens (tertiary/aromatic N) is 6. The topological polar surface area (TPSA) is 128 Å². The predicted octanol–water partition coefficient (Wildman–Crippen LogP) is 1.86. The zero-order valence-corrected chi connectivity index (χ0v) is 19.7. The molecule has 186 valence electrons. The van der Waals surface area contributed by atoms with Gasteiger partial charge in [-0.2, -0.15) is 14.8 Å². The lowest BCUT2D eigenvalue weighted by atomic mass is 10.3. The van der Waals surface area contributed by atoms with E-state index in [1.165, 1.54) is 24.3 Å². The van der Waals surface area contributed by atoms with E-state index >= 15 is 0 Å². The number of benzene rings is 2. The van der Waals surface area contributed by atoms with Gasteiger partial charge in [0.1, 0.15) is 5.82 Å². The van der Waals surface area contributed by atoms with Crippen molar-refractivity contribution in [3.8, 4) is 17.2 Å². The normalized spacial score (nSPS) is 10.9. The monoisotopic (exact) mass is 493 g/mol. The van der Waals surface area contributed by atoms with E-state index in [0.29, 0.717) is 19.5 Å². The van der Waals surface area contributed by atoms with Crippen LogP contribution in [0.4, 0.5) is 10.1 Å². The van der Waals surface area contributed by atoms with Crippen LogP contribution in [-0.2, 0) is 6.54 Å². The van der Waals surface area contributed by atoms with Gasteiger partial charge in [0.2, 0.25) is 5.82 Å². The van der Waals surface area contributed by atoms with Gasteiger partial charge >= 0.3 is 17.5 Å². The largest absolute Gasteiger partial charge is 0.375 e. The maximum atomic E-state index is 13.3. The molecule has 0 saturated carbocycles. The van der Waals surface area contributed by atoms with Gasteiger partial charge in [-0.1, -0.05) is 23.4 Å². The summed E-state index contributed by atoms with van der Waals surface area (Å²) in [6.07, 6.45) is 0.670. The fraction of sp³-hybridized carbons (Fsp3) is 0.250. The molecule has 12 heteroatoms. The molecule has 0 radical (unpaired) electrons. The molecule has 1 amide bonds. The lowest BCUT2D eigenvalue weighted by Gasteiger charge is -2.18. The molecular weight excluding hydrogens is 469 g/mol. The van der Waals surface area contributed by atoms with Gasteiger partial charge in [-0.3, -0.25) is 14.2 Å². The molecule has 0 unspecified atom stereocenters. The first-order chi connectivity index (χ1) is 17.4. The first-order valence-electron chi connectivity index (χ1n) is 11.3. The number of nitrogens with one attached hydrogen (secondary N) is 1. The Labute approximate surface area is 204 Å². The van der Waals surface area contributed by atoms with Crippen LogP contribution in [0.3, 0.4) is 0 Å². The minimum Gasteiger partial charge on any atom is -0.375 e. The summed E-state index contributed by atoms with van der Waals surface area (Å²) in [7, 11) is 1.96. The van der Waals surface area contributed by atoms with E-state index in [2.05, 4.69) is 25.5 Å². The number of hydrogen-bond acceptors (Lipinski definition) is 8. The Kier molecular flexibility index (Phi) is 7.33. The number of halogens is 1. The minimum absolute atomic E-state index is 0.0526. The van der Waals surface area contributed by atoms with Crippen LogP contribution < -0.4 is 21.5 Å². The Balaban J connectivity index is 1.49. The van der Waals surface area contributed by atoms with Crippen LogP contribution >= 0.6 is 0 Å². The van der Waals surface area contributed by atoms with Gasteiger partial charge in [0.15, 0.2) is 5.69 Å². The van der Waals surface area contributed by atoms with Gasteiger partial charge < -0.3 is 14.7 Å². The third kappa shape index (κ3) is 5.22. The molecule has 4 rings (SSSR count). The first kappa shape index (κ1) is 24.5. The predicted molar refractivity (Wildman–Crippen MR) is 130 cm³/mol. The van der Waals surface area contributed by atoms with E-state index in [9.17, 15) is 18.8 Å². The van der Waals surface area contributed by atoms with Crippen molar-refractivity contribution in [3.05, 3.63) is 87.1 Å². The Hall–Kier alpha value is -4.61. The molecule has 0 bridgehead atoms. The van der Waals surface area contributed by atoms with E-state index < -0.39 is 23.0 Å². The summed E-state index contributed by atoms with van der Waals surface area (Å²) in [4.78, 5) is 44.1. The minimum atomic E-state index is -0.738. The number of aromatic nitrogens is 5. The van der Waals surface area contributed by atoms with Crippen LogP contribution in [-0.4, -0.2) is 50.5 Å². The van der Waals surface area contributed by atoms with Crippen molar-refractivity contribution in [1.82, 2.24) is 29.8 Å². The average molecular weight is 493 g/mol. The highest BCUT2D eigenvalue weighted by atomic mass is 19.1. The molecule has 0 aliphatic rings. The van der Waals surface area contributed by atoms with Crippen molar-refractivity contribution >= 4 is 11.6 Å². The number of para-hydroxylation sites is 1. The fourth-order valence-corrected chi connectivity index (χ4v) is 3.50. The third-order valence-electron chi connectivity index (χ3n) is 5.43. The van der Waals surface area contributed by atoms with Crippen molar-refractivity contribution < 1.29 is 13.7 Å². The molecule has 0 aliphatic carbocycles. The third-order valence-corrected chi connectivity index (χ3v) is 5.43. The zero-order chi connectivity index (χ0) is 25.7. The number of rotatable bonds is 9. The van der Waals surface area contributed by atoms with E-state index in [0.717, 1.165) is 14.9 Å². The lowest BCUT2D eigenvalue weighted by Crippen LogP contribution is -2.41. The zero-order valence-electron chi connectivity index (χ0n) is 19.7. The Bertz CT molecular complexity index is 1460. The SMILES string of the molecule is CCn1c(=O)c(-c2noc(C(=O)NCCCN(C)c3ccccc3)n2)nn(-c2ccc(F)cc2)c1=O. The van der Waals surface area contributed by atoms with E-state index in [4.69, 9.17) is 4.52 Å². The quantitative estimate of drug-likeness (QED) is 0.350. The molecule has 2 heterocycles. The van der Waals surface area contributed by atoms with Gasteiger partial charge in [0, 0.05) is 32.4 Å². The molecule has 1 N–H and O–H groups in total. The van der Waals surface area contributed by atoms with Crippen LogP contribution in [0, 0.1) is 5.82 Å². The highest BCUT2D eigenvalue weighted by Gasteiger charge is 2.22. The molecular formula is C24H24FN7O4. The summed E-state index contributed by atoms with van der Waals surface area (Å²) in [6.45, 7) is 2.75. The molecule has 0 spiro atoms. The maximum Gasteiger partial charge on any atom is 0.352 e. The Morgan fingerprint density at radius 3 is 2.53 bits per heavy atom. The number of amides is 1. The van der Waals surface area contributed by atoms with Crippen LogP contribution in [0.1, 0.15) is 24.0 Å². The summed E-state index contributed by atoms with van der Waals surface area (Å²) in [6, 6.07) is 14.9. The molecule has 0 saturated heterocycles. The first-order valence-corrected chi connectivity index (χ1v) is 11.3. The average Bonchev–Trinajstić information content (AvgIpc) is 3.38. The molecule has 0 atom stereocenters. The van der Waals surface area contributed by atoms with E-state index in [1.807, 2.05) is 37.4 Å². The van der Waals surface area contributed by atoms with Gasteiger partial charge in [-0.15, -0.1) is 0 Å². The number of carbonyl (C=O) groups is 1. The maximum absolute atomic E-state index is 13.3. The lowest BCUT2D eigenvalue weighted by molar-refractivity contribution is 0.0909. The second kappa shape index (κ2) is 10.8. The van der Waals surface area contributed by atoms with Crippen LogP contribution in [0.5, 0.6) is 0 Å². The number of carbonyl (C=O) groups excluding carboxylic acids is 1. The fourth-order valence-electron chi connectivity index (χ4n) is 3.50. The smallest absolute Gasteiger partial charge is 0.352 e. The standard InChI is InChI=1S/C24H24FN7O4/c1-3-31-23(34)19(28-32(24(31)35)18-12-10-16(25)11-13-18)20-27-22(36-29-20)21(33)26-14-7-15-30(2)17-8-5-4-6-9-17/h4-6,8-13H,3,7,14-15H2,1-2H3,(H,26,33). The summed E-state index contributed by atoms with van der Waals surface area (Å²) >= 11 is 0. The van der Waals surface area contributed by atoms with Crippen LogP contribution in [0.15, 0.2) is 68.7 Å². The molecule has 11 nitrogen and oxygen atoms in total. The summed E-state index contributed by atoms with van der Waals surface area (Å²) in [5.74, 6) is -1.67. The second-order valence-electron chi connectivity index (χ2n) is 7.86. The Morgan fingerprint density at radius 1 is 1.11 bits per heavy atom. The van der Waals surface area contributed by atoms with Crippen molar-refractivity contribution in [2.75, 3.05) is 25.0 Å². The Morgan fingerprint density at radius 2 is 1.83 bits per heavy atom. The van der Waals surface area contributed by atoms with E-state index in [-0.39, 0.29) is 29.6 Å². The molecule has 2 aromatic carbocycles. The second-order valence-corrected chi connectivity index (χ2v) is 7.86. The van der Waals surface area contributed by atoms with Gasteiger partial charge in [-0.25, -0.2) is 9.18 Å². The van der Waals surface area contributed by atoms with Crippen molar-refractivity contribution in [2.45, 2.75) is 19.9 Å². The van der Waals surface area contributed by atoms with E-state index in [1.54, 1.807) is 6.92 Å². The van der Waals surface area contributed by atoms with Crippen molar-refractivity contribution in [2.24, 2.45) is 0 Å². The van der Waals surface area contributed by atoms with Crippen LogP contribution in [0.2, 0.25) is 0 Å². The van der Waals surface area contributed by atoms with Crippen molar-refractivity contribution in [3.63, 3.8) is 0 Å². The molecule has 0 aliphatic heterocycles. The number of hydrogen-bond donors (Lipinski definition) is 1. The van der Waals surface area contributed by atoms with Gasteiger partial charge in [0.25, 0.3) is 5.56 Å². The van der Waals surface area contributed by atoms with Gasteiger partial charge in [0.05, 0.1) is 5.69 Å². The molecule has 0 fully saturated rings. The van der Waals surface area contributed by atoms with Crippen LogP contribution in [0.25, 0.3) is 17.2 Å². The summed E-state index contributed by atoms with van der Waals surface area (Å²) in [5, 5.41) is 10.5. The highest BCUT2D eigenvalue weighted by Crippen LogP contribution is 2.12. The van der Waals surface area contributed by atoms with Crippen molar-refractivity contribution in [1.29, 1.82) is 0 Å².